The first kappa shape index (κ1) is 16.0. The van der Waals surface area contributed by atoms with Gasteiger partial charge in [0.15, 0.2) is 0 Å². The average Bonchev–Trinajstić information content (AvgIpc) is 2.67. The van der Waals surface area contributed by atoms with Crippen LogP contribution in [-0.4, -0.2) is 14.9 Å². The highest BCUT2D eigenvalue weighted by Crippen LogP contribution is 2.31. The van der Waals surface area contributed by atoms with Gasteiger partial charge in [-0.15, -0.1) is 11.8 Å². The Labute approximate surface area is 149 Å². The van der Waals surface area contributed by atoms with Crippen LogP contribution in [0.5, 0.6) is 0 Å². The van der Waals surface area contributed by atoms with Crippen molar-refractivity contribution in [2.45, 2.75) is 24.5 Å². The van der Waals surface area contributed by atoms with Crippen molar-refractivity contribution >= 4 is 11.8 Å². The van der Waals surface area contributed by atoms with Crippen LogP contribution in [0.25, 0.3) is 11.1 Å². The molecule has 2 aromatic carbocycles. The molecule has 25 heavy (non-hydrogen) atoms. The lowest BCUT2D eigenvalue weighted by Gasteiger charge is -2.22. The summed E-state index contributed by atoms with van der Waals surface area (Å²) in [6, 6.07) is 19.3. The van der Waals surface area contributed by atoms with Crippen LogP contribution in [0.1, 0.15) is 12.0 Å². The van der Waals surface area contributed by atoms with Crippen LogP contribution in [0.2, 0.25) is 0 Å². The predicted octanol–water partition coefficient (Wildman–Crippen LogP) is 3.22. The van der Waals surface area contributed by atoms with E-state index in [-0.39, 0.29) is 11.2 Å². The average molecular weight is 350 g/mol. The minimum atomic E-state index is -0.212. The highest BCUT2D eigenvalue weighted by atomic mass is 32.2. The summed E-state index contributed by atoms with van der Waals surface area (Å²) >= 11 is 1.60. The molecule has 0 saturated heterocycles. The molecule has 4 nitrogen and oxygen atoms in total. The lowest BCUT2D eigenvalue weighted by Crippen LogP contribution is -2.42. The molecule has 0 fully saturated rings. The second-order valence-electron chi connectivity index (χ2n) is 6.06. The molecule has 1 aliphatic heterocycles. The van der Waals surface area contributed by atoms with Crippen molar-refractivity contribution in [1.29, 1.82) is 0 Å². The van der Waals surface area contributed by atoms with Gasteiger partial charge >= 0.3 is 5.69 Å². The minimum absolute atomic E-state index is 0.208. The molecule has 0 radical (unpaired) electrons. The first-order chi connectivity index (χ1) is 12.3. The van der Waals surface area contributed by atoms with E-state index in [0.29, 0.717) is 18.7 Å². The van der Waals surface area contributed by atoms with Gasteiger partial charge < -0.3 is 0 Å². The molecule has 126 valence electrons. The number of rotatable bonds is 3. The van der Waals surface area contributed by atoms with Gasteiger partial charge in [0, 0.05) is 12.3 Å². The molecular weight excluding hydrogens is 332 g/mol. The Balaban J connectivity index is 1.96. The third-order valence-electron chi connectivity index (χ3n) is 4.39. The van der Waals surface area contributed by atoms with Crippen molar-refractivity contribution in [3.8, 4) is 11.1 Å². The van der Waals surface area contributed by atoms with Gasteiger partial charge in [-0.05, 0) is 17.5 Å². The number of aromatic nitrogens is 2. The molecule has 0 unspecified atom stereocenters. The Morgan fingerprint density at radius 3 is 2.32 bits per heavy atom. The Morgan fingerprint density at radius 2 is 1.60 bits per heavy atom. The van der Waals surface area contributed by atoms with E-state index in [1.54, 1.807) is 16.3 Å². The fourth-order valence-electron chi connectivity index (χ4n) is 3.18. The molecular formula is C20H18N2O2S. The summed E-state index contributed by atoms with van der Waals surface area (Å²) in [7, 11) is 0. The van der Waals surface area contributed by atoms with E-state index in [9.17, 15) is 9.59 Å². The normalized spacial score (nSPS) is 13.4. The molecule has 0 bridgehead atoms. The van der Waals surface area contributed by atoms with Crippen LogP contribution in [0.3, 0.4) is 0 Å². The van der Waals surface area contributed by atoms with E-state index < -0.39 is 0 Å². The lowest BCUT2D eigenvalue weighted by atomic mass is 10.1. The van der Waals surface area contributed by atoms with Gasteiger partial charge in [0.2, 0.25) is 0 Å². The molecule has 0 aliphatic carbocycles. The van der Waals surface area contributed by atoms with E-state index in [2.05, 4.69) is 0 Å². The monoisotopic (exact) mass is 350 g/mol. The van der Waals surface area contributed by atoms with E-state index >= 15 is 0 Å². The van der Waals surface area contributed by atoms with Gasteiger partial charge in [-0.25, -0.2) is 4.79 Å². The quantitative estimate of drug-likeness (QED) is 0.681. The Hall–Kier alpha value is -2.53. The molecule has 5 heteroatoms. The number of thioether (sulfide) groups is 1. The van der Waals surface area contributed by atoms with Crippen LogP contribution in [0.4, 0.5) is 0 Å². The SMILES string of the molecule is O=c1c(-c2ccccc2)c2n(c(=O)n1Cc1ccccc1)CCCS2. The predicted molar refractivity (Wildman–Crippen MR) is 101 cm³/mol. The van der Waals surface area contributed by atoms with Gasteiger partial charge in [-0.2, -0.15) is 0 Å². The van der Waals surface area contributed by atoms with Crippen LogP contribution >= 0.6 is 11.8 Å². The zero-order valence-electron chi connectivity index (χ0n) is 13.7. The van der Waals surface area contributed by atoms with E-state index in [1.807, 2.05) is 60.7 Å². The summed E-state index contributed by atoms with van der Waals surface area (Å²) in [5.74, 6) is 0.932. The van der Waals surface area contributed by atoms with Crippen molar-refractivity contribution in [3.63, 3.8) is 0 Å². The molecule has 0 N–H and O–H groups in total. The van der Waals surface area contributed by atoms with E-state index in [1.165, 1.54) is 4.57 Å². The maximum atomic E-state index is 13.2. The number of hydrogen-bond acceptors (Lipinski definition) is 3. The molecule has 0 saturated carbocycles. The summed E-state index contributed by atoms with van der Waals surface area (Å²) in [6.45, 7) is 0.958. The zero-order chi connectivity index (χ0) is 17.2. The fourth-order valence-corrected chi connectivity index (χ4v) is 4.32. The number of nitrogens with zero attached hydrogens (tertiary/aromatic N) is 2. The standard InChI is InChI=1S/C20H18N2O2S/c23-18-17(16-10-5-2-6-11-16)19-21(12-7-13-25-19)20(24)22(18)14-15-8-3-1-4-9-15/h1-6,8-11H,7,12-14H2. The van der Waals surface area contributed by atoms with Gasteiger partial charge in [-0.3, -0.25) is 13.9 Å². The molecule has 3 aromatic rings. The Bertz CT molecular complexity index is 1010. The zero-order valence-corrected chi connectivity index (χ0v) is 14.5. The van der Waals surface area contributed by atoms with Gasteiger partial charge in [0.05, 0.1) is 17.1 Å². The summed E-state index contributed by atoms with van der Waals surface area (Å²) < 4.78 is 3.13. The van der Waals surface area contributed by atoms with Crippen molar-refractivity contribution < 1.29 is 0 Å². The van der Waals surface area contributed by atoms with Crippen molar-refractivity contribution in [2.75, 3.05) is 5.75 Å². The summed E-state index contributed by atoms with van der Waals surface area (Å²) in [4.78, 5) is 26.1. The summed E-state index contributed by atoms with van der Waals surface area (Å²) in [5, 5.41) is 0.803. The maximum absolute atomic E-state index is 13.2. The number of benzene rings is 2. The van der Waals surface area contributed by atoms with Crippen LogP contribution in [0, 0.1) is 0 Å². The van der Waals surface area contributed by atoms with Crippen molar-refractivity contribution in [1.82, 2.24) is 9.13 Å². The second kappa shape index (κ2) is 6.76. The summed E-state index contributed by atoms with van der Waals surface area (Å²) in [5.41, 5.74) is 2.04. The molecule has 1 aliphatic rings. The minimum Gasteiger partial charge on any atom is -0.287 e. The smallest absolute Gasteiger partial charge is 0.287 e. The van der Waals surface area contributed by atoms with Gasteiger partial charge in [0.1, 0.15) is 0 Å². The van der Waals surface area contributed by atoms with Crippen molar-refractivity contribution in [3.05, 3.63) is 87.1 Å². The fraction of sp³-hybridized carbons (Fsp3) is 0.200. The van der Waals surface area contributed by atoms with Gasteiger partial charge in [-0.1, -0.05) is 60.7 Å². The third-order valence-corrected chi connectivity index (χ3v) is 5.58. The molecule has 4 rings (SSSR count). The highest BCUT2D eigenvalue weighted by molar-refractivity contribution is 7.99. The molecule has 0 spiro atoms. The molecule has 0 amide bonds. The van der Waals surface area contributed by atoms with Crippen LogP contribution in [0.15, 0.2) is 75.3 Å². The van der Waals surface area contributed by atoms with Gasteiger partial charge in [0.25, 0.3) is 5.56 Å². The van der Waals surface area contributed by atoms with Crippen LogP contribution in [-0.2, 0) is 13.1 Å². The summed E-state index contributed by atoms with van der Waals surface area (Å²) in [6.07, 6.45) is 0.940. The van der Waals surface area contributed by atoms with Crippen LogP contribution < -0.4 is 11.2 Å². The number of fused-ring (bicyclic) bond motifs is 1. The lowest BCUT2D eigenvalue weighted by molar-refractivity contribution is 0.525. The highest BCUT2D eigenvalue weighted by Gasteiger charge is 2.22. The van der Waals surface area contributed by atoms with Crippen molar-refractivity contribution in [2.24, 2.45) is 0 Å². The third kappa shape index (κ3) is 2.96. The molecule has 2 heterocycles. The Kier molecular flexibility index (Phi) is 4.32. The molecule has 0 atom stereocenters. The topological polar surface area (TPSA) is 44.0 Å². The number of hydrogen-bond donors (Lipinski definition) is 0. The second-order valence-corrected chi connectivity index (χ2v) is 7.14. The first-order valence-corrected chi connectivity index (χ1v) is 9.34. The largest absolute Gasteiger partial charge is 0.332 e. The first-order valence-electron chi connectivity index (χ1n) is 8.35. The van der Waals surface area contributed by atoms with E-state index in [0.717, 1.165) is 28.3 Å². The van der Waals surface area contributed by atoms with E-state index in [4.69, 9.17) is 0 Å². The molecule has 1 aromatic heterocycles. The maximum Gasteiger partial charge on any atom is 0.332 e. The Morgan fingerprint density at radius 1 is 0.920 bits per heavy atom.